The molecule has 0 amide bonds. The molecular weight excluding hydrogens is 322 g/mol. The fourth-order valence-electron chi connectivity index (χ4n) is 3.54. The fourth-order valence-corrected chi connectivity index (χ4v) is 5.24. The molecule has 0 N–H and O–H groups in total. The Morgan fingerprint density at radius 2 is 1.36 bits per heavy atom. The summed E-state index contributed by atoms with van der Waals surface area (Å²) in [5.41, 5.74) is 8.46. The molecule has 0 bridgehead atoms. The molecule has 0 aliphatic heterocycles. The smallest absolute Gasteiger partial charge is 0.112 e. The predicted octanol–water partition coefficient (Wildman–Crippen LogP) is 4.71. The van der Waals surface area contributed by atoms with Gasteiger partial charge < -0.3 is 0 Å². The molecule has 0 radical (unpaired) electrons. The standard InChI is InChI=1S/C21H27N3Si/c1-14-8-10-18(11-9-14)24-21(25(5,6)7)20(22-23-24)19-16(3)12-15(2)13-17(19)4/h8-13H,1-7H3. The lowest BCUT2D eigenvalue weighted by molar-refractivity contribution is 0.814. The van der Waals surface area contributed by atoms with Crippen molar-refractivity contribution in [3.8, 4) is 16.9 Å². The maximum Gasteiger partial charge on any atom is 0.112 e. The highest BCUT2D eigenvalue weighted by Crippen LogP contribution is 2.28. The summed E-state index contributed by atoms with van der Waals surface area (Å²) in [4.78, 5) is 0. The van der Waals surface area contributed by atoms with Gasteiger partial charge in [0.2, 0.25) is 0 Å². The van der Waals surface area contributed by atoms with Crippen LogP contribution >= 0.6 is 0 Å². The lowest BCUT2D eigenvalue weighted by Crippen LogP contribution is -2.44. The summed E-state index contributed by atoms with van der Waals surface area (Å²) in [5, 5.41) is 10.5. The van der Waals surface area contributed by atoms with Crippen molar-refractivity contribution in [2.24, 2.45) is 0 Å². The number of rotatable bonds is 3. The van der Waals surface area contributed by atoms with E-state index >= 15 is 0 Å². The minimum Gasteiger partial charge on any atom is -0.221 e. The van der Waals surface area contributed by atoms with E-state index in [0.717, 1.165) is 11.4 Å². The van der Waals surface area contributed by atoms with E-state index in [0.29, 0.717) is 0 Å². The molecule has 0 saturated heterocycles. The van der Waals surface area contributed by atoms with Gasteiger partial charge in [0.1, 0.15) is 13.8 Å². The van der Waals surface area contributed by atoms with Gasteiger partial charge in [-0.25, -0.2) is 4.68 Å². The van der Waals surface area contributed by atoms with Gasteiger partial charge >= 0.3 is 0 Å². The second-order valence-electron chi connectivity index (χ2n) is 8.06. The molecule has 0 unspecified atom stereocenters. The summed E-state index contributed by atoms with van der Waals surface area (Å²) in [6.45, 7) is 15.7. The summed E-state index contributed by atoms with van der Waals surface area (Å²) in [7, 11) is -1.67. The number of nitrogens with zero attached hydrogens (tertiary/aromatic N) is 3. The normalized spacial score (nSPS) is 11.8. The zero-order valence-corrected chi connectivity index (χ0v) is 17.3. The second kappa shape index (κ2) is 6.26. The predicted molar refractivity (Wildman–Crippen MR) is 109 cm³/mol. The molecule has 3 rings (SSSR count). The van der Waals surface area contributed by atoms with Crippen LogP contribution < -0.4 is 5.32 Å². The Labute approximate surface area is 151 Å². The highest BCUT2D eigenvalue weighted by molar-refractivity contribution is 6.89. The van der Waals surface area contributed by atoms with Crippen molar-refractivity contribution in [3.05, 3.63) is 58.7 Å². The Kier molecular flexibility index (Phi) is 4.41. The fraction of sp³-hybridized carbons (Fsp3) is 0.333. The van der Waals surface area contributed by atoms with E-state index in [1.165, 1.54) is 33.1 Å². The summed E-state index contributed by atoms with van der Waals surface area (Å²) in [5.74, 6) is 0. The molecule has 0 fully saturated rings. The van der Waals surface area contributed by atoms with Crippen molar-refractivity contribution >= 4 is 13.4 Å². The Morgan fingerprint density at radius 1 is 0.800 bits per heavy atom. The van der Waals surface area contributed by atoms with E-state index in [-0.39, 0.29) is 0 Å². The molecule has 1 heterocycles. The van der Waals surface area contributed by atoms with E-state index in [1.807, 2.05) is 0 Å². The number of benzene rings is 2. The molecular formula is C21H27N3Si. The van der Waals surface area contributed by atoms with Crippen molar-refractivity contribution in [2.45, 2.75) is 47.3 Å². The van der Waals surface area contributed by atoms with Crippen molar-refractivity contribution < 1.29 is 0 Å². The third-order valence-corrected chi connectivity index (χ3v) is 6.44. The van der Waals surface area contributed by atoms with Crippen LogP contribution in [0.5, 0.6) is 0 Å². The van der Waals surface area contributed by atoms with Crippen molar-refractivity contribution in [3.63, 3.8) is 0 Å². The van der Waals surface area contributed by atoms with Crippen LogP contribution in [0, 0.1) is 27.7 Å². The van der Waals surface area contributed by atoms with Crippen LogP contribution in [-0.2, 0) is 0 Å². The van der Waals surface area contributed by atoms with Gasteiger partial charge in [-0.3, -0.25) is 0 Å². The summed E-state index contributed by atoms with van der Waals surface area (Å²) in [6, 6.07) is 13.0. The zero-order valence-electron chi connectivity index (χ0n) is 16.3. The van der Waals surface area contributed by atoms with Gasteiger partial charge in [0, 0.05) is 5.56 Å². The van der Waals surface area contributed by atoms with E-state index in [2.05, 4.69) is 98.7 Å². The van der Waals surface area contributed by atoms with Gasteiger partial charge in [-0.05, 0) is 51.0 Å². The first-order valence-electron chi connectivity index (χ1n) is 8.80. The van der Waals surface area contributed by atoms with Gasteiger partial charge in [0.25, 0.3) is 0 Å². The van der Waals surface area contributed by atoms with Crippen LogP contribution in [-0.4, -0.2) is 23.1 Å². The molecule has 0 saturated carbocycles. The Hall–Kier alpha value is -2.20. The highest BCUT2D eigenvalue weighted by atomic mass is 28.3. The van der Waals surface area contributed by atoms with E-state index < -0.39 is 8.07 Å². The second-order valence-corrected chi connectivity index (χ2v) is 13.0. The van der Waals surface area contributed by atoms with Gasteiger partial charge in [0.15, 0.2) is 0 Å². The van der Waals surface area contributed by atoms with Crippen LogP contribution in [0.3, 0.4) is 0 Å². The minimum absolute atomic E-state index is 1.05. The van der Waals surface area contributed by atoms with Crippen molar-refractivity contribution in [1.29, 1.82) is 0 Å². The Balaban J connectivity index is 2.28. The first-order chi connectivity index (χ1) is 11.7. The quantitative estimate of drug-likeness (QED) is 0.641. The largest absolute Gasteiger partial charge is 0.221 e. The van der Waals surface area contributed by atoms with Gasteiger partial charge in [-0.15, -0.1) is 5.10 Å². The SMILES string of the molecule is Cc1ccc(-n2nnc(-c3c(C)cc(C)cc3C)c2[Si](C)(C)C)cc1. The van der Waals surface area contributed by atoms with Crippen molar-refractivity contribution in [2.75, 3.05) is 0 Å². The molecule has 3 aromatic rings. The first-order valence-corrected chi connectivity index (χ1v) is 12.3. The molecule has 0 aliphatic carbocycles. The molecule has 3 nitrogen and oxygen atoms in total. The molecule has 130 valence electrons. The molecule has 25 heavy (non-hydrogen) atoms. The van der Waals surface area contributed by atoms with E-state index in [9.17, 15) is 0 Å². The first kappa shape index (κ1) is 17.6. The van der Waals surface area contributed by atoms with Crippen LogP contribution in [0.4, 0.5) is 0 Å². The Bertz CT molecular complexity index is 892. The van der Waals surface area contributed by atoms with E-state index in [1.54, 1.807) is 0 Å². The third-order valence-electron chi connectivity index (χ3n) is 4.57. The number of aryl methyl sites for hydroxylation is 4. The third kappa shape index (κ3) is 3.31. The van der Waals surface area contributed by atoms with E-state index in [4.69, 9.17) is 0 Å². The summed E-state index contributed by atoms with van der Waals surface area (Å²) < 4.78 is 2.06. The number of hydrogen-bond acceptors (Lipinski definition) is 2. The van der Waals surface area contributed by atoms with Crippen LogP contribution in [0.15, 0.2) is 36.4 Å². The Morgan fingerprint density at radius 3 is 1.88 bits per heavy atom. The number of aromatic nitrogens is 3. The summed E-state index contributed by atoms with van der Waals surface area (Å²) >= 11 is 0. The monoisotopic (exact) mass is 349 g/mol. The van der Waals surface area contributed by atoms with Crippen LogP contribution in [0.2, 0.25) is 19.6 Å². The van der Waals surface area contributed by atoms with Crippen molar-refractivity contribution in [1.82, 2.24) is 15.0 Å². The topological polar surface area (TPSA) is 30.7 Å². The average molecular weight is 350 g/mol. The highest BCUT2D eigenvalue weighted by Gasteiger charge is 2.29. The lowest BCUT2D eigenvalue weighted by Gasteiger charge is -2.21. The molecule has 1 aromatic heterocycles. The molecule has 0 atom stereocenters. The van der Waals surface area contributed by atoms with Crippen LogP contribution in [0.25, 0.3) is 16.9 Å². The number of hydrogen-bond donors (Lipinski definition) is 0. The van der Waals surface area contributed by atoms with Gasteiger partial charge in [0.05, 0.1) is 11.0 Å². The maximum atomic E-state index is 4.65. The average Bonchev–Trinajstić information content (AvgIpc) is 2.91. The zero-order chi connectivity index (χ0) is 18.4. The minimum atomic E-state index is -1.67. The van der Waals surface area contributed by atoms with Crippen LogP contribution in [0.1, 0.15) is 22.3 Å². The summed E-state index contributed by atoms with van der Waals surface area (Å²) in [6.07, 6.45) is 0. The lowest BCUT2D eigenvalue weighted by atomic mass is 9.98. The maximum absolute atomic E-state index is 4.65. The molecule has 0 aliphatic rings. The molecule has 2 aromatic carbocycles. The molecule has 0 spiro atoms. The molecule has 4 heteroatoms. The van der Waals surface area contributed by atoms with Gasteiger partial charge in [-0.2, -0.15) is 0 Å². The van der Waals surface area contributed by atoms with Gasteiger partial charge in [-0.1, -0.05) is 60.2 Å².